The Morgan fingerprint density at radius 1 is 0.778 bits per heavy atom. The number of carbonyl (C=O) groups is 1. The molecule has 2 aromatic rings. The number of unbranched alkanes of at least 4 members (excludes halogenated alkanes) is 8. The fraction of sp³-hybridized carbons (Fsp3) is 0.645. The zero-order valence-corrected chi connectivity index (χ0v) is 22.6. The minimum Gasteiger partial charge on any atom is -0.490 e. The van der Waals surface area contributed by atoms with Crippen molar-refractivity contribution in [2.75, 3.05) is 6.61 Å². The van der Waals surface area contributed by atoms with E-state index in [1.54, 1.807) is 12.4 Å². The molecule has 1 fully saturated rings. The van der Waals surface area contributed by atoms with Gasteiger partial charge in [-0.05, 0) is 62.3 Å². The van der Waals surface area contributed by atoms with Crippen LogP contribution in [0.1, 0.15) is 110 Å². The number of benzene rings is 1. The molecule has 198 valence electrons. The Hall–Kier alpha value is -2.43. The third-order valence-electron chi connectivity index (χ3n) is 7.37. The van der Waals surface area contributed by atoms with Gasteiger partial charge in [0.2, 0.25) is 0 Å². The Balaban J connectivity index is 1.37. The largest absolute Gasteiger partial charge is 0.490 e. The first-order valence-corrected chi connectivity index (χ1v) is 14.5. The van der Waals surface area contributed by atoms with E-state index in [2.05, 4.69) is 23.8 Å². The molecule has 1 aromatic heterocycles. The minimum absolute atomic E-state index is 0.0315. The second-order valence-corrected chi connectivity index (χ2v) is 10.4. The van der Waals surface area contributed by atoms with Gasteiger partial charge < -0.3 is 9.47 Å². The number of carbonyl (C=O) groups excluding carboxylic acids is 1. The molecule has 0 N–H and O–H groups in total. The number of nitrogens with zero attached hydrogens (tertiary/aromatic N) is 2. The van der Waals surface area contributed by atoms with Crippen molar-refractivity contribution < 1.29 is 14.3 Å². The third-order valence-corrected chi connectivity index (χ3v) is 7.37. The highest BCUT2D eigenvalue weighted by Gasteiger charge is 2.27. The van der Waals surface area contributed by atoms with E-state index in [0.29, 0.717) is 23.9 Å². The van der Waals surface area contributed by atoms with Crippen molar-refractivity contribution >= 4 is 5.97 Å². The molecule has 1 aromatic carbocycles. The number of ether oxygens (including phenoxy) is 2. The normalized spacial score (nSPS) is 17.6. The topological polar surface area (TPSA) is 61.3 Å². The maximum absolute atomic E-state index is 12.7. The molecule has 0 bridgehead atoms. The van der Waals surface area contributed by atoms with Gasteiger partial charge in [-0.15, -0.1) is 0 Å². The van der Waals surface area contributed by atoms with Crippen LogP contribution < -0.4 is 9.47 Å². The van der Waals surface area contributed by atoms with Crippen molar-refractivity contribution in [1.82, 2.24) is 9.97 Å². The Bertz CT molecular complexity index is 858. The first-order valence-electron chi connectivity index (χ1n) is 14.5. The first-order chi connectivity index (χ1) is 17.7. The highest BCUT2D eigenvalue weighted by Crippen LogP contribution is 2.33. The molecule has 3 rings (SSSR count). The van der Waals surface area contributed by atoms with E-state index in [9.17, 15) is 4.79 Å². The molecule has 1 aliphatic rings. The average Bonchev–Trinajstić information content (AvgIpc) is 2.91. The molecular formula is C31H46N2O3. The predicted octanol–water partition coefficient (Wildman–Crippen LogP) is 8.57. The van der Waals surface area contributed by atoms with Gasteiger partial charge in [0.25, 0.3) is 0 Å². The van der Waals surface area contributed by atoms with Crippen molar-refractivity contribution in [3.63, 3.8) is 0 Å². The van der Waals surface area contributed by atoms with Crippen LogP contribution in [0.4, 0.5) is 0 Å². The smallest absolute Gasteiger partial charge is 0.314 e. The van der Waals surface area contributed by atoms with Gasteiger partial charge in [-0.1, -0.05) is 78.1 Å². The molecule has 1 saturated carbocycles. The fourth-order valence-electron chi connectivity index (χ4n) is 5.03. The second kappa shape index (κ2) is 16.3. The SMILES string of the molecule is CCCCCCCCCOc1cnc(-c2ccc(OC(=O)[C@H]3CC[C@H](CCCCC)CC3)cc2)nc1. The second-order valence-electron chi connectivity index (χ2n) is 10.4. The first kappa shape index (κ1) is 28.1. The Morgan fingerprint density at radius 2 is 1.39 bits per heavy atom. The van der Waals surface area contributed by atoms with Crippen LogP contribution in [0.5, 0.6) is 11.5 Å². The molecule has 0 saturated heterocycles. The summed E-state index contributed by atoms with van der Waals surface area (Å²) in [7, 11) is 0. The number of rotatable bonds is 16. The molecule has 1 heterocycles. The van der Waals surface area contributed by atoms with E-state index < -0.39 is 0 Å². The summed E-state index contributed by atoms with van der Waals surface area (Å²) in [6.07, 6.45) is 21.7. The molecule has 1 aliphatic carbocycles. The van der Waals surface area contributed by atoms with Crippen LogP contribution in [0.15, 0.2) is 36.7 Å². The molecule has 0 spiro atoms. The van der Waals surface area contributed by atoms with E-state index in [0.717, 1.165) is 43.6 Å². The van der Waals surface area contributed by atoms with E-state index >= 15 is 0 Å². The monoisotopic (exact) mass is 494 g/mol. The van der Waals surface area contributed by atoms with Gasteiger partial charge in [0.1, 0.15) is 5.75 Å². The summed E-state index contributed by atoms with van der Waals surface area (Å²) in [6, 6.07) is 7.47. The lowest BCUT2D eigenvalue weighted by molar-refractivity contribution is -0.140. The maximum Gasteiger partial charge on any atom is 0.314 e. The lowest BCUT2D eigenvalue weighted by atomic mass is 9.80. The predicted molar refractivity (Wildman–Crippen MR) is 146 cm³/mol. The van der Waals surface area contributed by atoms with Gasteiger partial charge in [0, 0.05) is 5.56 Å². The van der Waals surface area contributed by atoms with Gasteiger partial charge in [0.15, 0.2) is 11.6 Å². The van der Waals surface area contributed by atoms with E-state index in [1.807, 2.05) is 24.3 Å². The van der Waals surface area contributed by atoms with Crippen LogP contribution in [-0.4, -0.2) is 22.5 Å². The number of hydrogen-bond acceptors (Lipinski definition) is 5. The Labute approximate surface area is 218 Å². The lowest BCUT2D eigenvalue weighted by Gasteiger charge is -2.27. The molecule has 5 heteroatoms. The van der Waals surface area contributed by atoms with Crippen molar-refractivity contribution in [3.05, 3.63) is 36.7 Å². The Kier molecular flexibility index (Phi) is 12.8. The van der Waals surface area contributed by atoms with Crippen LogP contribution in [0.25, 0.3) is 11.4 Å². The summed E-state index contributed by atoms with van der Waals surface area (Å²) in [5.74, 6) is 2.66. The van der Waals surface area contributed by atoms with Gasteiger partial charge in [-0.25, -0.2) is 9.97 Å². The standard InChI is InChI=1S/C31H46N2O3/c1-3-5-7-8-9-10-12-22-35-29-23-32-30(33-24-29)26-18-20-28(21-19-26)36-31(34)27-16-14-25(15-17-27)13-11-6-4-2/h18-21,23-25,27H,3-17,22H2,1-2H3/t25-,27-. The number of esters is 1. The molecule has 36 heavy (non-hydrogen) atoms. The van der Waals surface area contributed by atoms with E-state index in [1.165, 1.54) is 64.2 Å². The van der Waals surface area contributed by atoms with Gasteiger partial charge in [-0.3, -0.25) is 4.79 Å². The lowest BCUT2D eigenvalue weighted by Crippen LogP contribution is -2.25. The van der Waals surface area contributed by atoms with Gasteiger partial charge >= 0.3 is 5.97 Å². The van der Waals surface area contributed by atoms with E-state index in [-0.39, 0.29) is 11.9 Å². The highest BCUT2D eigenvalue weighted by atomic mass is 16.5. The number of aromatic nitrogens is 2. The molecule has 0 radical (unpaired) electrons. The molecule has 0 amide bonds. The summed E-state index contributed by atoms with van der Waals surface area (Å²) in [6.45, 7) is 5.20. The van der Waals surface area contributed by atoms with Crippen molar-refractivity contribution in [3.8, 4) is 22.9 Å². The average molecular weight is 495 g/mol. The highest BCUT2D eigenvalue weighted by molar-refractivity contribution is 5.75. The quantitative estimate of drug-likeness (QED) is 0.133. The maximum atomic E-state index is 12.7. The molecule has 0 aliphatic heterocycles. The summed E-state index contributed by atoms with van der Waals surface area (Å²) in [5, 5.41) is 0. The minimum atomic E-state index is -0.0894. The fourth-order valence-corrected chi connectivity index (χ4v) is 5.03. The summed E-state index contributed by atoms with van der Waals surface area (Å²) in [5.41, 5.74) is 0.890. The van der Waals surface area contributed by atoms with Gasteiger partial charge in [-0.2, -0.15) is 0 Å². The number of hydrogen-bond donors (Lipinski definition) is 0. The summed E-state index contributed by atoms with van der Waals surface area (Å²) in [4.78, 5) is 21.6. The van der Waals surface area contributed by atoms with Crippen molar-refractivity contribution in [1.29, 1.82) is 0 Å². The zero-order chi connectivity index (χ0) is 25.4. The zero-order valence-electron chi connectivity index (χ0n) is 22.6. The van der Waals surface area contributed by atoms with Crippen LogP contribution in [0.3, 0.4) is 0 Å². The van der Waals surface area contributed by atoms with Crippen LogP contribution in [0, 0.1) is 11.8 Å². The van der Waals surface area contributed by atoms with Crippen LogP contribution in [-0.2, 0) is 4.79 Å². The van der Waals surface area contributed by atoms with Crippen LogP contribution >= 0.6 is 0 Å². The van der Waals surface area contributed by atoms with E-state index in [4.69, 9.17) is 9.47 Å². The molecule has 5 nitrogen and oxygen atoms in total. The van der Waals surface area contributed by atoms with Crippen LogP contribution in [0.2, 0.25) is 0 Å². The molecule has 0 unspecified atom stereocenters. The third kappa shape index (κ3) is 9.91. The van der Waals surface area contributed by atoms with Gasteiger partial charge in [0.05, 0.1) is 24.9 Å². The molecular weight excluding hydrogens is 448 g/mol. The van der Waals surface area contributed by atoms with Crippen molar-refractivity contribution in [2.24, 2.45) is 11.8 Å². The summed E-state index contributed by atoms with van der Waals surface area (Å²) < 4.78 is 11.5. The summed E-state index contributed by atoms with van der Waals surface area (Å²) >= 11 is 0. The molecule has 0 atom stereocenters. The van der Waals surface area contributed by atoms with Crippen molar-refractivity contribution in [2.45, 2.75) is 110 Å². The Morgan fingerprint density at radius 3 is 2.06 bits per heavy atom.